The molecular formula is C13H18ClN3. The maximum absolute atomic E-state index is 6.26. The smallest absolute Gasteiger partial charge is 0.145 e. The fraction of sp³-hybridized carbons (Fsp3) is 0.538. The number of fused-ring (bicyclic) bond motifs is 1. The average molecular weight is 252 g/mol. The summed E-state index contributed by atoms with van der Waals surface area (Å²) in [4.78, 5) is 9.18. The van der Waals surface area contributed by atoms with Crippen LogP contribution in [0.5, 0.6) is 0 Å². The van der Waals surface area contributed by atoms with E-state index in [0.717, 1.165) is 27.7 Å². The molecule has 0 saturated heterocycles. The van der Waals surface area contributed by atoms with Crippen molar-refractivity contribution in [2.45, 2.75) is 46.6 Å². The van der Waals surface area contributed by atoms with Crippen molar-refractivity contribution in [3.8, 4) is 0 Å². The molecule has 0 bridgehead atoms. The number of halogens is 1. The SMILES string of the molecule is Cc1nc(C(C)C)nc2c1cc(Cl)n2C(C)C. The molecule has 0 atom stereocenters. The van der Waals surface area contributed by atoms with Gasteiger partial charge in [0.2, 0.25) is 0 Å². The summed E-state index contributed by atoms with van der Waals surface area (Å²) in [5.41, 5.74) is 1.95. The summed E-state index contributed by atoms with van der Waals surface area (Å²) in [6.45, 7) is 10.4. The van der Waals surface area contributed by atoms with Gasteiger partial charge >= 0.3 is 0 Å². The molecule has 2 heterocycles. The summed E-state index contributed by atoms with van der Waals surface area (Å²) < 4.78 is 2.05. The minimum atomic E-state index is 0.300. The summed E-state index contributed by atoms with van der Waals surface area (Å²) >= 11 is 6.26. The molecule has 0 saturated carbocycles. The molecule has 0 N–H and O–H groups in total. The van der Waals surface area contributed by atoms with Gasteiger partial charge in [-0.3, -0.25) is 0 Å². The zero-order chi connectivity index (χ0) is 12.7. The topological polar surface area (TPSA) is 30.7 Å². The maximum atomic E-state index is 6.26. The molecule has 0 radical (unpaired) electrons. The second kappa shape index (κ2) is 4.30. The zero-order valence-corrected chi connectivity index (χ0v) is 11.7. The predicted molar refractivity (Wildman–Crippen MR) is 71.7 cm³/mol. The van der Waals surface area contributed by atoms with Crippen LogP contribution in [0.25, 0.3) is 11.0 Å². The fourth-order valence-corrected chi connectivity index (χ4v) is 2.36. The van der Waals surface area contributed by atoms with Crippen LogP contribution in [0.2, 0.25) is 5.15 Å². The Labute approximate surface area is 107 Å². The third kappa shape index (κ3) is 2.04. The Bertz CT molecular complexity index is 555. The lowest BCUT2D eigenvalue weighted by Gasteiger charge is -2.12. The molecule has 0 fully saturated rings. The molecular weight excluding hydrogens is 234 g/mol. The summed E-state index contributed by atoms with van der Waals surface area (Å²) in [5, 5.41) is 1.78. The van der Waals surface area contributed by atoms with E-state index in [2.05, 4.69) is 42.2 Å². The Hall–Kier alpha value is -1.09. The summed E-state index contributed by atoms with van der Waals surface area (Å²) in [6.07, 6.45) is 0. The van der Waals surface area contributed by atoms with Crippen LogP contribution >= 0.6 is 11.6 Å². The van der Waals surface area contributed by atoms with Crippen molar-refractivity contribution in [3.63, 3.8) is 0 Å². The first-order valence-corrected chi connectivity index (χ1v) is 6.34. The summed E-state index contributed by atoms with van der Waals surface area (Å²) in [7, 11) is 0. The highest BCUT2D eigenvalue weighted by Gasteiger charge is 2.15. The lowest BCUT2D eigenvalue weighted by molar-refractivity contribution is 0.615. The van der Waals surface area contributed by atoms with Gasteiger partial charge in [0.25, 0.3) is 0 Å². The van der Waals surface area contributed by atoms with E-state index >= 15 is 0 Å². The van der Waals surface area contributed by atoms with Crippen molar-refractivity contribution in [1.29, 1.82) is 0 Å². The molecule has 0 aliphatic carbocycles. The lowest BCUT2D eigenvalue weighted by Crippen LogP contribution is -2.05. The number of aryl methyl sites for hydroxylation is 1. The molecule has 2 aromatic rings. The number of nitrogens with zero attached hydrogens (tertiary/aromatic N) is 3. The average Bonchev–Trinajstić information content (AvgIpc) is 2.54. The van der Waals surface area contributed by atoms with E-state index < -0.39 is 0 Å². The minimum Gasteiger partial charge on any atom is -0.314 e. The summed E-state index contributed by atoms with van der Waals surface area (Å²) in [6, 6.07) is 2.25. The first-order chi connectivity index (χ1) is 7.91. The largest absolute Gasteiger partial charge is 0.314 e. The van der Waals surface area contributed by atoms with Crippen molar-refractivity contribution < 1.29 is 0 Å². The van der Waals surface area contributed by atoms with Gasteiger partial charge in [0.1, 0.15) is 16.6 Å². The second-order valence-electron chi connectivity index (χ2n) is 4.99. The van der Waals surface area contributed by atoms with Crippen LogP contribution in [0.1, 0.15) is 51.2 Å². The third-order valence-corrected chi connectivity index (χ3v) is 3.18. The molecule has 3 nitrogen and oxygen atoms in total. The first-order valence-electron chi connectivity index (χ1n) is 5.96. The second-order valence-corrected chi connectivity index (χ2v) is 5.38. The van der Waals surface area contributed by atoms with E-state index in [1.165, 1.54) is 0 Å². The Morgan fingerprint density at radius 2 is 1.82 bits per heavy atom. The first kappa shape index (κ1) is 12.4. The molecule has 0 spiro atoms. The molecule has 0 amide bonds. The number of rotatable bonds is 2. The summed E-state index contributed by atoms with van der Waals surface area (Å²) in [5.74, 6) is 1.21. The minimum absolute atomic E-state index is 0.300. The number of hydrogen-bond donors (Lipinski definition) is 0. The van der Waals surface area contributed by atoms with Gasteiger partial charge in [-0.05, 0) is 26.8 Å². The highest BCUT2D eigenvalue weighted by atomic mass is 35.5. The van der Waals surface area contributed by atoms with Gasteiger partial charge in [-0.2, -0.15) is 0 Å². The molecule has 0 aliphatic heterocycles. The monoisotopic (exact) mass is 251 g/mol. The van der Waals surface area contributed by atoms with Crippen LogP contribution in [-0.4, -0.2) is 14.5 Å². The van der Waals surface area contributed by atoms with Gasteiger partial charge in [0, 0.05) is 17.3 Å². The molecule has 17 heavy (non-hydrogen) atoms. The Morgan fingerprint density at radius 1 is 1.18 bits per heavy atom. The van der Waals surface area contributed by atoms with Crippen LogP contribution in [-0.2, 0) is 0 Å². The van der Waals surface area contributed by atoms with Crippen LogP contribution in [0, 0.1) is 6.92 Å². The van der Waals surface area contributed by atoms with Crippen molar-refractivity contribution in [1.82, 2.24) is 14.5 Å². The molecule has 0 unspecified atom stereocenters. The Morgan fingerprint density at radius 3 is 2.35 bits per heavy atom. The maximum Gasteiger partial charge on any atom is 0.145 e. The zero-order valence-electron chi connectivity index (χ0n) is 11.0. The molecule has 0 aliphatic rings. The standard InChI is InChI=1S/C13H18ClN3/c1-7(2)12-15-9(5)10-6-11(14)17(8(3)4)13(10)16-12/h6-8H,1-5H3. The van der Waals surface area contributed by atoms with E-state index in [1.807, 2.05) is 13.0 Å². The molecule has 92 valence electrons. The van der Waals surface area contributed by atoms with E-state index in [-0.39, 0.29) is 0 Å². The van der Waals surface area contributed by atoms with Gasteiger partial charge < -0.3 is 4.57 Å². The Kier molecular flexibility index (Phi) is 3.13. The normalized spacial score (nSPS) is 12.0. The number of hydrogen-bond acceptors (Lipinski definition) is 2. The van der Waals surface area contributed by atoms with Crippen molar-refractivity contribution in [2.24, 2.45) is 0 Å². The van der Waals surface area contributed by atoms with E-state index in [4.69, 9.17) is 11.6 Å². The van der Waals surface area contributed by atoms with E-state index in [1.54, 1.807) is 0 Å². The van der Waals surface area contributed by atoms with Crippen LogP contribution in [0.3, 0.4) is 0 Å². The lowest BCUT2D eigenvalue weighted by atomic mass is 10.2. The van der Waals surface area contributed by atoms with Crippen molar-refractivity contribution >= 4 is 22.6 Å². The number of aromatic nitrogens is 3. The predicted octanol–water partition coefficient (Wildman–Crippen LogP) is 4.10. The van der Waals surface area contributed by atoms with Gasteiger partial charge in [0.15, 0.2) is 0 Å². The van der Waals surface area contributed by atoms with E-state index in [0.29, 0.717) is 12.0 Å². The molecule has 4 heteroatoms. The van der Waals surface area contributed by atoms with Crippen molar-refractivity contribution in [3.05, 3.63) is 22.7 Å². The van der Waals surface area contributed by atoms with Crippen LogP contribution in [0.4, 0.5) is 0 Å². The molecule has 0 aromatic carbocycles. The van der Waals surface area contributed by atoms with Gasteiger partial charge in [0.05, 0.1) is 5.69 Å². The highest BCUT2D eigenvalue weighted by molar-refractivity contribution is 6.30. The fourth-order valence-electron chi connectivity index (χ4n) is 1.98. The third-order valence-electron chi connectivity index (χ3n) is 2.89. The van der Waals surface area contributed by atoms with Crippen molar-refractivity contribution in [2.75, 3.05) is 0 Å². The van der Waals surface area contributed by atoms with Gasteiger partial charge in [-0.15, -0.1) is 0 Å². The van der Waals surface area contributed by atoms with Gasteiger partial charge in [-0.1, -0.05) is 25.4 Å². The van der Waals surface area contributed by atoms with Crippen LogP contribution in [0.15, 0.2) is 6.07 Å². The quantitative estimate of drug-likeness (QED) is 0.805. The highest BCUT2D eigenvalue weighted by Crippen LogP contribution is 2.28. The van der Waals surface area contributed by atoms with E-state index in [9.17, 15) is 0 Å². The Balaban J connectivity index is 2.79. The molecule has 2 rings (SSSR count). The van der Waals surface area contributed by atoms with Crippen LogP contribution < -0.4 is 0 Å². The molecule has 2 aromatic heterocycles. The van der Waals surface area contributed by atoms with Gasteiger partial charge in [-0.25, -0.2) is 9.97 Å².